The van der Waals surface area contributed by atoms with Crippen LogP contribution in [-0.4, -0.2) is 25.5 Å². The molecule has 1 N–H and O–H groups in total. The van der Waals surface area contributed by atoms with Crippen molar-refractivity contribution >= 4 is 21.6 Å². The third-order valence-electron chi connectivity index (χ3n) is 5.28. The molecule has 0 aliphatic carbocycles. The van der Waals surface area contributed by atoms with Crippen molar-refractivity contribution in [1.29, 1.82) is 0 Å². The van der Waals surface area contributed by atoms with Crippen LogP contribution < -0.4 is 0 Å². The second-order valence-electron chi connectivity index (χ2n) is 7.19. The van der Waals surface area contributed by atoms with Crippen molar-refractivity contribution in [3.63, 3.8) is 0 Å². The second-order valence-corrected chi connectivity index (χ2v) is 10.0. The highest BCUT2D eigenvalue weighted by atomic mass is 32.2. The number of benzene rings is 2. The molecule has 0 saturated heterocycles. The van der Waals surface area contributed by atoms with Crippen LogP contribution in [0.1, 0.15) is 49.7 Å². The van der Waals surface area contributed by atoms with E-state index in [1.54, 1.807) is 18.2 Å². The molecule has 27 heavy (non-hydrogen) atoms. The Hall–Kier alpha value is -1.53. The lowest BCUT2D eigenvalue weighted by Gasteiger charge is -2.22. The van der Waals surface area contributed by atoms with E-state index in [9.17, 15) is 17.9 Å². The van der Waals surface area contributed by atoms with E-state index in [2.05, 4.69) is 6.92 Å². The van der Waals surface area contributed by atoms with Crippen molar-refractivity contribution in [3.8, 4) is 5.75 Å². The first-order valence-electron chi connectivity index (χ1n) is 9.24. The molecule has 2 aromatic carbocycles. The van der Waals surface area contributed by atoms with Crippen LogP contribution in [0.4, 0.5) is 4.39 Å². The molecular weight excluding hydrogens is 383 g/mol. The van der Waals surface area contributed by atoms with Crippen molar-refractivity contribution in [3.05, 3.63) is 53.3 Å². The number of thioether (sulfide) groups is 1. The number of phenols is 1. The molecule has 0 fully saturated rings. The third-order valence-corrected chi connectivity index (χ3v) is 7.98. The summed E-state index contributed by atoms with van der Waals surface area (Å²) in [4.78, 5) is 0.870. The Labute approximate surface area is 164 Å². The summed E-state index contributed by atoms with van der Waals surface area (Å²) in [5.41, 5.74) is 1.62. The fourth-order valence-electron chi connectivity index (χ4n) is 3.90. The zero-order valence-electron chi connectivity index (χ0n) is 15.6. The van der Waals surface area contributed by atoms with Crippen molar-refractivity contribution in [2.24, 2.45) is 5.92 Å². The summed E-state index contributed by atoms with van der Waals surface area (Å²) in [5.74, 6) is -0.313. The van der Waals surface area contributed by atoms with E-state index in [0.29, 0.717) is 16.9 Å². The average molecular weight is 409 g/mol. The second kappa shape index (κ2) is 8.23. The van der Waals surface area contributed by atoms with Gasteiger partial charge in [0.2, 0.25) is 0 Å². The van der Waals surface area contributed by atoms with Gasteiger partial charge in [0.1, 0.15) is 11.6 Å². The summed E-state index contributed by atoms with van der Waals surface area (Å²) >= 11 is 1.38. The van der Waals surface area contributed by atoms with E-state index >= 15 is 0 Å². The van der Waals surface area contributed by atoms with Crippen LogP contribution in [0.25, 0.3) is 0 Å². The van der Waals surface area contributed by atoms with E-state index < -0.39 is 9.84 Å². The first-order chi connectivity index (χ1) is 12.9. The first kappa shape index (κ1) is 20.2. The molecule has 3 rings (SSSR count). The standard InChI is InChI=1S/C21H25FO3S2/c1-3-4-5-14-10-17(15-6-8-16(22)9-7-15)18-11-20(26-2)19(23)12-21(18)27(24,25)13-14/h6-9,11-12,14,17,23H,3-5,10,13H2,1-2H3. The Bertz CT molecular complexity index is 908. The van der Waals surface area contributed by atoms with E-state index in [1.165, 1.54) is 30.0 Å². The fraction of sp³-hybridized carbons (Fsp3) is 0.429. The molecule has 3 nitrogen and oxygen atoms in total. The maximum atomic E-state index is 13.4. The van der Waals surface area contributed by atoms with Crippen LogP contribution in [-0.2, 0) is 9.84 Å². The van der Waals surface area contributed by atoms with Gasteiger partial charge < -0.3 is 5.11 Å². The normalized spacial score (nSPS) is 21.4. The Morgan fingerprint density at radius 3 is 2.56 bits per heavy atom. The molecule has 1 aliphatic heterocycles. The molecule has 2 unspecified atom stereocenters. The molecule has 0 saturated carbocycles. The van der Waals surface area contributed by atoms with E-state index in [0.717, 1.165) is 24.8 Å². The lowest BCUT2D eigenvalue weighted by molar-refractivity contribution is 0.449. The monoisotopic (exact) mass is 408 g/mol. The number of hydrogen-bond acceptors (Lipinski definition) is 4. The number of phenolic OH excluding ortho intramolecular Hbond substituents is 1. The Morgan fingerprint density at radius 1 is 1.22 bits per heavy atom. The van der Waals surface area contributed by atoms with Crippen molar-refractivity contribution < 1.29 is 17.9 Å². The largest absolute Gasteiger partial charge is 0.507 e. The van der Waals surface area contributed by atoms with Crippen LogP contribution in [0, 0.1) is 11.7 Å². The highest BCUT2D eigenvalue weighted by Crippen LogP contribution is 2.44. The van der Waals surface area contributed by atoms with Crippen LogP contribution in [0.15, 0.2) is 46.2 Å². The minimum Gasteiger partial charge on any atom is -0.507 e. The molecule has 0 bridgehead atoms. The predicted molar refractivity (Wildman–Crippen MR) is 108 cm³/mol. The zero-order valence-corrected chi connectivity index (χ0v) is 17.2. The van der Waals surface area contributed by atoms with Gasteiger partial charge >= 0.3 is 0 Å². The lowest BCUT2D eigenvalue weighted by atomic mass is 9.82. The van der Waals surface area contributed by atoms with Gasteiger partial charge in [0.15, 0.2) is 9.84 Å². The van der Waals surface area contributed by atoms with Crippen LogP contribution in [0.3, 0.4) is 0 Å². The van der Waals surface area contributed by atoms with Gasteiger partial charge in [-0.3, -0.25) is 0 Å². The topological polar surface area (TPSA) is 54.4 Å². The van der Waals surface area contributed by atoms with Gasteiger partial charge in [0.25, 0.3) is 0 Å². The molecule has 6 heteroatoms. The predicted octanol–water partition coefficient (Wildman–Crippen LogP) is 5.37. The van der Waals surface area contributed by atoms with E-state index in [1.807, 2.05) is 6.26 Å². The van der Waals surface area contributed by atoms with Crippen LogP contribution in [0.2, 0.25) is 0 Å². The molecule has 0 radical (unpaired) electrons. The van der Waals surface area contributed by atoms with E-state index in [4.69, 9.17) is 0 Å². The van der Waals surface area contributed by atoms with Gasteiger partial charge in [-0.15, -0.1) is 11.8 Å². The van der Waals surface area contributed by atoms with Gasteiger partial charge in [0.05, 0.1) is 10.6 Å². The maximum Gasteiger partial charge on any atom is 0.179 e. The minimum absolute atomic E-state index is 0.00492. The summed E-state index contributed by atoms with van der Waals surface area (Å²) in [6.45, 7) is 2.10. The molecule has 0 amide bonds. The lowest BCUT2D eigenvalue weighted by Crippen LogP contribution is -2.15. The molecule has 2 aromatic rings. The highest BCUT2D eigenvalue weighted by molar-refractivity contribution is 7.98. The zero-order chi connectivity index (χ0) is 19.6. The number of sulfone groups is 1. The summed E-state index contributed by atoms with van der Waals surface area (Å²) in [7, 11) is -3.50. The fourth-order valence-corrected chi connectivity index (χ4v) is 6.37. The SMILES string of the molecule is CCCCC1CC(c2ccc(F)cc2)c2cc(SC)c(O)cc2S(=O)(=O)C1. The number of rotatable bonds is 5. The van der Waals surface area contributed by atoms with Gasteiger partial charge in [-0.2, -0.15) is 0 Å². The molecule has 0 spiro atoms. The molecule has 1 heterocycles. The van der Waals surface area contributed by atoms with Gasteiger partial charge in [-0.25, -0.2) is 12.8 Å². The van der Waals surface area contributed by atoms with Crippen molar-refractivity contribution in [2.45, 2.75) is 48.3 Å². The molecule has 1 aliphatic rings. The first-order valence-corrected chi connectivity index (χ1v) is 12.1. The van der Waals surface area contributed by atoms with Gasteiger partial charge in [-0.1, -0.05) is 31.9 Å². The minimum atomic E-state index is -3.50. The number of aromatic hydroxyl groups is 1. The Balaban J connectivity index is 2.17. The Morgan fingerprint density at radius 2 is 1.93 bits per heavy atom. The number of hydrogen-bond donors (Lipinski definition) is 1. The van der Waals surface area contributed by atoms with Crippen molar-refractivity contribution in [2.75, 3.05) is 12.0 Å². The summed E-state index contributed by atoms with van der Waals surface area (Å²) in [6, 6.07) is 9.52. The molecule has 2 atom stereocenters. The molecule has 146 valence electrons. The maximum absolute atomic E-state index is 13.4. The van der Waals surface area contributed by atoms with Gasteiger partial charge in [0, 0.05) is 10.8 Å². The van der Waals surface area contributed by atoms with Crippen LogP contribution in [0.5, 0.6) is 5.75 Å². The smallest absolute Gasteiger partial charge is 0.179 e. The van der Waals surface area contributed by atoms with Crippen molar-refractivity contribution in [1.82, 2.24) is 0 Å². The quantitative estimate of drug-likeness (QED) is 0.676. The summed E-state index contributed by atoms with van der Waals surface area (Å²) in [6.07, 6.45) is 5.40. The van der Waals surface area contributed by atoms with Crippen LogP contribution >= 0.6 is 11.8 Å². The number of halogens is 1. The summed E-state index contributed by atoms with van der Waals surface area (Å²) < 4.78 is 39.6. The van der Waals surface area contributed by atoms with Gasteiger partial charge in [-0.05, 0) is 60.4 Å². The highest BCUT2D eigenvalue weighted by Gasteiger charge is 2.34. The third kappa shape index (κ3) is 4.32. The Kier molecular flexibility index (Phi) is 6.16. The molecular formula is C21H25FO3S2. The number of fused-ring (bicyclic) bond motifs is 1. The average Bonchev–Trinajstić information content (AvgIpc) is 2.74. The number of unbranched alkanes of at least 4 members (excludes halogenated alkanes) is 1. The summed E-state index contributed by atoms with van der Waals surface area (Å²) in [5, 5.41) is 10.3. The van der Waals surface area contributed by atoms with E-state index in [-0.39, 0.29) is 34.1 Å². The molecule has 0 aromatic heterocycles.